The molecule has 9 nitrogen and oxygen atoms in total. The second kappa shape index (κ2) is 9.22. The van der Waals surface area contributed by atoms with E-state index in [4.69, 9.17) is 5.73 Å². The van der Waals surface area contributed by atoms with Crippen molar-refractivity contribution in [1.29, 1.82) is 0 Å². The first-order valence-corrected chi connectivity index (χ1v) is 11.7. The fraction of sp³-hybridized carbons (Fsp3) is 0.286. The molecule has 0 aliphatic rings. The number of hydrogen-bond acceptors (Lipinski definition) is 6. The van der Waals surface area contributed by atoms with Crippen molar-refractivity contribution in [1.82, 2.24) is 24.5 Å². The molecular weight excluding hydrogens is 532 g/mol. The van der Waals surface area contributed by atoms with E-state index in [1.165, 1.54) is 6.07 Å². The number of fused-ring (bicyclic) bond motifs is 1. The van der Waals surface area contributed by atoms with Crippen LogP contribution in [0.4, 0.5) is 14.5 Å². The van der Waals surface area contributed by atoms with Gasteiger partial charge in [0.2, 0.25) is 5.91 Å². The number of thiophene rings is 1. The van der Waals surface area contributed by atoms with Gasteiger partial charge in [-0.15, -0.1) is 11.3 Å². The van der Waals surface area contributed by atoms with Crippen molar-refractivity contribution in [2.75, 3.05) is 5.32 Å². The summed E-state index contributed by atoms with van der Waals surface area (Å²) in [5, 5.41) is 11.6. The van der Waals surface area contributed by atoms with Gasteiger partial charge in [0.15, 0.2) is 0 Å². The molecule has 0 unspecified atom stereocenters. The fourth-order valence-corrected chi connectivity index (χ4v) is 4.97. The second-order valence-corrected chi connectivity index (χ2v) is 9.50. The second-order valence-electron chi connectivity index (χ2n) is 7.65. The number of alkyl halides is 2. The van der Waals surface area contributed by atoms with Crippen LogP contribution in [-0.2, 0) is 18.4 Å². The number of primary amides is 1. The number of carbonyl (C=O) groups is 2. The number of pyridine rings is 1. The summed E-state index contributed by atoms with van der Waals surface area (Å²) < 4.78 is 31.3. The lowest BCUT2D eigenvalue weighted by atomic mass is 10.0. The topological polar surface area (TPSA) is 121 Å². The number of nitrogens with zero attached hydrogens (tertiary/aromatic N) is 5. The number of anilines is 1. The van der Waals surface area contributed by atoms with Gasteiger partial charge in [-0.1, -0.05) is 0 Å². The molecule has 4 aromatic heterocycles. The maximum atomic E-state index is 13.6. The van der Waals surface area contributed by atoms with E-state index in [0.717, 1.165) is 21.5 Å². The maximum absolute atomic E-state index is 13.6. The van der Waals surface area contributed by atoms with Crippen molar-refractivity contribution in [3.63, 3.8) is 0 Å². The van der Waals surface area contributed by atoms with E-state index in [1.807, 2.05) is 6.92 Å². The summed E-state index contributed by atoms with van der Waals surface area (Å²) in [6.45, 7) is 3.91. The van der Waals surface area contributed by atoms with Crippen molar-refractivity contribution in [3.8, 4) is 11.1 Å². The Morgan fingerprint density at radius 3 is 2.59 bits per heavy atom. The van der Waals surface area contributed by atoms with Crippen molar-refractivity contribution in [2.24, 2.45) is 12.8 Å². The van der Waals surface area contributed by atoms with Gasteiger partial charge in [-0.2, -0.15) is 10.2 Å². The first-order valence-electron chi connectivity index (χ1n) is 10.1. The highest BCUT2D eigenvalue weighted by Crippen LogP contribution is 2.43. The van der Waals surface area contributed by atoms with Crippen LogP contribution in [0, 0.1) is 13.8 Å². The average molecular weight is 552 g/mol. The summed E-state index contributed by atoms with van der Waals surface area (Å²) >= 11 is 4.24. The summed E-state index contributed by atoms with van der Waals surface area (Å²) in [6.07, 6.45) is 0.563. The van der Waals surface area contributed by atoms with Gasteiger partial charge in [-0.05, 0) is 41.4 Å². The van der Waals surface area contributed by atoms with Gasteiger partial charge in [0.05, 0.1) is 28.6 Å². The molecule has 0 saturated heterocycles. The Labute approximate surface area is 205 Å². The van der Waals surface area contributed by atoms with Crippen LogP contribution in [0.15, 0.2) is 22.9 Å². The van der Waals surface area contributed by atoms with E-state index in [9.17, 15) is 18.4 Å². The summed E-state index contributed by atoms with van der Waals surface area (Å²) in [7, 11) is 1.71. The number of nitrogens with one attached hydrogen (secondary N) is 1. The van der Waals surface area contributed by atoms with E-state index in [0.29, 0.717) is 28.8 Å². The zero-order chi connectivity index (χ0) is 24.7. The lowest BCUT2D eigenvalue weighted by molar-refractivity contribution is -0.116. The zero-order valence-corrected chi connectivity index (χ0v) is 20.8. The summed E-state index contributed by atoms with van der Waals surface area (Å²) in [4.78, 5) is 29.3. The number of nitrogens with two attached hydrogens (primary N) is 1. The largest absolute Gasteiger partial charge is 0.365 e. The minimum atomic E-state index is -2.83. The number of rotatable bonds is 7. The smallest absolute Gasteiger partial charge is 0.280 e. The van der Waals surface area contributed by atoms with Crippen LogP contribution in [0.25, 0.3) is 21.3 Å². The molecule has 34 heavy (non-hydrogen) atoms. The highest BCUT2D eigenvalue weighted by atomic mass is 79.9. The standard InChI is InChI=1S/C21H20BrF2N7O2S/c1-9-12(8-30(3)29-9)11-6-14(19(23)24)27-21-16(11)17(18(34-21)20(25)33)28-15(32)4-5-31-10(2)13(22)7-26-31/h6-8,19H,4-5H2,1-3H3,(H2,25,33)(H,28,32). The van der Waals surface area contributed by atoms with Gasteiger partial charge in [-0.3, -0.25) is 19.0 Å². The Hall–Kier alpha value is -3.19. The van der Waals surface area contributed by atoms with E-state index in [-0.39, 0.29) is 27.7 Å². The van der Waals surface area contributed by atoms with Crippen molar-refractivity contribution in [3.05, 3.63) is 44.9 Å². The summed E-state index contributed by atoms with van der Waals surface area (Å²) in [5.41, 5.74) is 7.71. The van der Waals surface area contributed by atoms with E-state index in [2.05, 4.69) is 36.4 Å². The van der Waals surface area contributed by atoms with Crippen molar-refractivity contribution in [2.45, 2.75) is 33.2 Å². The minimum absolute atomic E-state index is 0.0306. The number of carbonyl (C=O) groups excluding carboxylic acids is 2. The molecule has 0 fully saturated rings. The lowest BCUT2D eigenvalue weighted by Crippen LogP contribution is -2.18. The molecule has 4 rings (SSSR count). The predicted octanol–water partition coefficient (Wildman–Crippen LogP) is 4.34. The molecule has 4 heterocycles. The van der Waals surface area contributed by atoms with Gasteiger partial charge in [0.1, 0.15) is 15.4 Å². The molecule has 0 atom stereocenters. The van der Waals surface area contributed by atoms with E-state index >= 15 is 0 Å². The SMILES string of the molecule is Cc1nn(C)cc1-c1cc(C(F)F)nc2sc(C(N)=O)c(NC(=O)CCn3ncc(Br)c3C)c12. The lowest BCUT2D eigenvalue weighted by Gasteiger charge is -2.11. The molecule has 13 heteroatoms. The van der Waals surface area contributed by atoms with Crippen LogP contribution < -0.4 is 11.1 Å². The number of hydrogen-bond donors (Lipinski definition) is 2. The summed E-state index contributed by atoms with van der Waals surface area (Å²) in [5.74, 6) is -1.18. The molecule has 0 aliphatic heterocycles. The van der Waals surface area contributed by atoms with Gasteiger partial charge in [0.25, 0.3) is 12.3 Å². The van der Waals surface area contributed by atoms with Gasteiger partial charge in [0, 0.05) is 36.3 Å². The minimum Gasteiger partial charge on any atom is -0.365 e. The number of amides is 2. The van der Waals surface area contributed by atoms with Crippen LogP contribution in [0.2, 0.25) is 0 Å². The number of aryl methyl sites for hydroxylation is 3. The molecule has 0 spiro atoms. The molecule has 0 radical (unpaired) electrons. The van der Waals surface area contributed by atoms with E-state index in [1.54, 1.807) is 35.7 Å². The van der Waals surface area contributed by atoms with Gasteiger partial charge in [-0.25, -0.2) is 13.8 Å². The van der Waals surface area contributed by atoms with E-state index < -0.39 is 18.0 Å². The van der Waals surface area contributed by atoms with Crippen LogP contribution in [0.3, 0.4) is 0 Å². The molecular formula is C21H20BrF2N7O2S. The first kappa shape index (κ1) is 24.0. The Kier molecular flexibility index (Phi) is 6.49. The quantitative estimate of drug-likeness (QED) is 0.354. The summed E-state index contributed by atoms with van der Waals surface area (Å²) in [6, 6.07) is 1.26. The monoisotopic (exact) mass is 551 g/mol. The zero-order valence-electron chi connectivity index (χ0n) is 18.4. The third-order valence-electron chi connectivity index (χ3n) is 5.29. The van der Waals surface area contributed by atoms with Crippen LogP contribution >= 0.6 is 27.3 Å². The highest BCUT2D eigenvalue weighted by molar-refractivity contribution is 9.10. The maximum Gasteiger partial charge on any atom is 0.280 e. The number of halogens is 3. The molecule has 0 aliphatic carbocycles. The van der Waals surface area contributed by atoms with Crippen molar-refractivity contribution >= 4 is 55.0 Å². The Bertz CT molecular complexity index is 1430. The average Bonchev–Trinajstić information content (AvgIpc) is 3.41. The fourth-order valence-electron chi connectivity index (χ4n) is 3.66. The van der Waals surface area contributed by atoms with Crippen molar-refractivity contribution < 1.29 is 18.4 Å². The van der Waals surface area contributed by atoms with Gasteiger partial charge >= 0.3 is 0 Å². The molecule has 0 saturated carbocycles. The van der Waals surface area contributed by atoms with Gasteiger partial charge < -0.3 is 11.1 Å². The third-order valence-corrected chi connectivity index (χ3v) is 7.17. The first-order chi connectivity index (χ1) is 16.1. The molecule has 0 bridgehead atoms. The normalized spacial score (nSPS) is 11.5. The van der Waals surface area contributed by atoms with Crippen LogP contribution in [-0.4, -0.2) is 36.4 Å². The molecule has 0 aromatic carbocycles. The number of aromatic nitrogens is 5. The highest BCUT2D eigenvalue weighted by Gasteiger charge is 2.26. The third kappa shape index (κ3) is 4.44. The molecule has 3 N–H and O–H groups in total. The Morgan fingerprint density at radius 1 is 1.29 bits per heavy atom. The van der Waals surface area contributed by atoms with Crippen LogP contribution in [0.5, 0.6) is 0 Å². The molecule has 178 valence electrons. The molecule has 2 amide bonds. The van der Waals surface area contributed by atoms with Crippen LogP contribution in [0.1, 0.15) is 39.6 Å². The molecule has 4 aromatic rings. The predicted molar refractivity (Wildman–Crippen MR) is 128 cm³/mol. The Balaban J connectivity index is 1.80. The Morgan fingerprint density at radius 2 is 2.03 bits per heavy atom.